The van der Waals surface area contributed by atoms with Crippen LogP contribution < -0.4 is 0 Å². The lowest BCUT2D eigenvalue weighted by molar-refractivity contribution is -0.245. The van der Waals surface area contributed by atoms with Gasteiger partial charge in [-0.1, -0.05) is 37.1 Å². The van der Waals surface area contributed by atoms with E-state index in [0.717, 1.165) is 31.3 Å². The van der Waals surface area contributed by atoms with Gasteiger partial charge >= 0.3 is 0 Å². The van der Waals surface area contributed by atoms with E-state index in [0.29, 0.717) is 24.0 Å². The van der Waals surface area contributed by atoms with Gasteiger partial charge in [0.05, 0.1) is 0 Å². The molecule has 0 amide bonds. The molecule has 25 heavy (non-hydrogen) atoms. The Bertz CT molecular complexity index is 675. The SMILES string of the molecule is CC(=O)[C@H]1CC[C@H]2C3=CC=C4CC(O)(O)C(O)C[C@]4(C)[C@H]3CC[C@]12C. The first kappa shape index (κ1) is 17.4. The van der Waals surface area contributed by atoms with Crippen LogP contribution in [0.1, 0.15) is 59.3 Å². The fraction of sp³-hybridized carbons (Fsp3) is 0.762. The number of rotatable bonds is 1. The minimum atomic E-state index is -2.02. The molecule has 4 nitrogen and oxygen atoms in total. The van der Waals surface area contributed by atoms with Crippen LogP contribution in [0.2, 0.25) is 0 Å². The highest BCUT2D eigenvalue weighted by atomic mass is 16.5. The maximum absolute atomic E-state index is 12.2. The van der Waals surface area contributed by atoms with E-state index < -0.39 is 11.9 Å². The van der Waals surface area contributed by atoms with Gasteiger partial charge in [-0.3, -0.25) is 4.79 Å². The van der Waals surface area contributed by atoms with Crippen molar-refractivity contribution in [3.63, 3.8) is 0 Å². The predicted molar refractivity (Wildman–Crippen MR) is 94.4 cm³/mol. The summed E-state index contributed by atoms with van der Waals surface area (Å²) in [6.07, 6.45) is 7.72. The van der Waals surface area contributed by atoms with Crippen molar-refractivity contribution in [1.82, 2.24) is 0 Å². The number of carbonyl (C=O) groups is 1. The molecule has 0 aliphatic heterocycles. The monoisotopic (exact) mass is 346 g/mol. The topological polar surface area (TPSA) is 77.8 Å². The molecule has 0 aromatic heterocycles. The van der Waals surface area contributed by atoms with Gasteiger partial charge in [0.1, 0.15) is 11.9 Å². The molecule has 138 valence electrons. The first-order valence-corrected chi connectivity index (χ1v) is 9.64. The van der Waals surface area contributed by atoms with Gasteiger partial charge in [0.2, 0.25) is 0 Å². The summed E-state index contributed by atoms with van der Waals surface area (Å²) in [6, 6.07) is 0. The molecule has 4 aliphatic carbocycles. The van der Waals surface area contributed by atoms with E-state index in [9.17, 15) is 20.1 Å². The number of allylic oxidation sites excluding steroid dienone is 3. The van der Waals surface area contributed by atoms with Crippen LogP contribution in [-0.4, -0.2) is 33.0 Å². The molecule has 3 N–H and O–H groups in total. The minimum Gasteiger partial charge on any atom is -0.387 e. The van der Waals surface area contributed by atoms with Crippen molar-refractivity contribution in [1.29, 1.82) is 0 Å². The third kappa shape index (κ3) is 2.27. The van der Waals surface area contributed by atoms with Gasteiger partial charge in [-0.15, -0.1) is 0 Å². The summed E-state index contributed by atoms with van der Waals surface area (Å²) in [6.45, 7) is 6.20. The molecule has 3 fully saturated rings. The summed E-state index contributed by atoms with van der Waals surface area (Å²) < 4.78 is 0. The molecule has 6 atom stereocenters. The Morgan fingerprint density at radius 3 is 2.52 bits per heavy atom. The molecule has 0 radical (unpaired) electrons. The van der Waals surface area contributed by atoms with Crippen molar-refractivity contribution in [2.45, 2.75) is 71.2 Å². The number of aliphatic hydroxyl groups is 3. The zero-order valence-corrected chi connectivity index (χ0v) is 15.5. The quantitative estimate of drug-likeness (QED) is 0.638. The molecule has 0 bridgehead atoms. The Balaban J connectivity index is 1.73. The predicted octanol–water partition coefficient (Wildman–Crippen LogP) is 2.73. The van der Waals surface area contributed by atoms with Gasteiger partial charge in [-0.25, -0.2) is 0 Å². The van der Waals surface area contributed by atoms with Crippen LogP contribution in [0.25, 0.3) is 0 Å². The molecule has 4 aliphatic rings. The highest BCUT2D eigenvalue weighted by Gasteiger charge is 2.59. The number of fused-ring (bicyclic) bond motifs is 5. The van der Waals surface area contributed by atoms with Crippen molar-refractivity contribution in [3.05, 3.63) is 23.3 Å². The molecular weight excluding hydrogens is 316 g/mol. The fourth-order valence-electron chi connectivity index (χ4n) is 6.69. The van der Waals surface area contributed by atoms with Crippen LogP contribution in [0.15, 0.2) is 23.3 Å². The maximum atomic E-state index is 12.2. The Kier molecular flexibility index (Phi) is 3.68. The average molecular weight is 346 g/mol. The standard InChI is InChI=1S/C21H30O4/c1-12(22)15-6-7-16-14-5-4-13-10-21(24,25)18(23)11-20(13,3)17(14)8-9-19(15,16)2/h4-5,15-18,23-25H,6-11H2,1-3H3/t15-,16+,17+,18?,19-,20+/m1/s1. The van der Waals surface area contributed by atoms with Crippen LogP contribution in [-0.2, 0) is 4.79 Å². The van der Waals surface area contributed by atoms with Gasteiger partial charge in [0.25, 0.3) is 0 Å². The Morgan fingerprint density at radius 1 is 1.12 bits per heavy atom. The molecule has 3 saturated carbocycles. The molecule has 4 heteroatoms. The van der Waals surface area contributed by atoms with E-state index in [-0.39, 0.29) is 23.2 Å². The van der Waals surface area contributed by atoms with E-state index in [1.54, 1.807) is 6.92 Å². The zero-order chi connectivity index (χ0) is 18.2. The summed E-state index contributed by atoms with van der Waals surface area (Å²) in [5.74, 6) is -0.769. The second-order valence-electron chi connectivity index (χ2n) is 9.44. The molecule has 1 unspecified atom stereocenters. The lowest BCUT2D eigenvalue weighted by Gasteiger charge is -2.56. The number of carbonyl (C=O) groups excluding carboxylic acids is 1. The largest absolute Gasteiger partial charge is 0.387 e. The van der Waals surface area contributed by atoms with Crippen molar-refractivity contribution < 1.29 is 20.1 Å². The van der Waals surface area contributed by atoms with Gasteiger partial charge in [-0.05, 0) is 61.7 Å². The van der Waals surface area contributed by atoms with Gasteiger partial charge in [0.15, 0.2) is 5.79 Å². The molecule has 0 aromatic rings. The lowest BCUT2D eigenvalue weighted by atomic mass is 9.50. The third-order valence-electron chi connectivity index (χ3n) is 8.18. The number of hydrogen-bond donors (Lipinski definition) is 3. The maximum Gasteiger partial charge on any atom is 0.193 e. The van der Waals surface area contributed by atoms with Crippen molar-refractivity contribution in [3.8, 4) is 0 Å². The number of Topliss-reactive ketones (excluding diaryl/α,β-unsaturated/α-hetero) is 1. The van der Waals surface area contributed by atoms with E-state index in [2.05, 4.69) is 26.0 Å². The van der Waals surface area contributed by atoms with Crippen LogP contribution >= 0.6 is 0 Å². The van der Waals surface area contributed by atoms with E-state index in [1.165, 1.54) is 5.57 Å². The summed E-state index contributed by atoms with van der Waals surface area (Å²) in [5, 5.41) is 30.5. The van der Waals surface area contributed by atoms with E-state index >= 15 is 0 Å². The van der Waals surface area contributed by atoms with Crippen molar-refractivity contribution >= 4 is 5.78 Å². The molecule has 0 aromatic carbocycles. The van der Waals surface area contributed by atoms with Crippen LogP contribution in [0, 0.1) is 28.6 Å². The number of ketones is 1. The first-order chi connectivity index (χ1) is 11.6. The number of hydrogen-bond acceptors (Lipinski definition) is 4. The molecule has 0 spiro atoms. The molecule has 4 rings (SSSR count). The second kappa shape index (κ2) is 5.28. The average Bonchev–Trinajstić information content (AvgIpc) is 2.86. The Morgan fingerprint density at radius 2 is 1.84 bits per heavy atom. The van der Waals surface area contributed by atoms with Gasteiger partial charge in [0, 0.05) is 12.3 Å². The number of aliphatic hydroxyl groups excluding tert-OH is 1. The second-order valence-corrected chi connectivity index (χ2v) is 9.44. The zero-order valence-electron chi connectivity index (χ0n) is 15.5. The van der Waals surface area contributed by atoms with E-state index in [4.69, 9.17) is 0 Å². The normalized spacial score (nSPS) is 47.9. The molecule has 0 saturated heterocycles. The molecular formula is C21H30O4. The highest BCUT2D eigenvalue weighted by Crippen LogP contribution is 2.65. The van der Waals surface area contributed by atoms with Crippen molar-refractivity contribution in [2.75, 3.05) is 0 Å². The summed E-state index contributed by atoms with van der Waals surface area (Å²) >= 11 is 0. The summed E-state index contributed by atoms with van der Waals surface area (Å²) in [7, 11) is 0. The van der Waals surface area contributed by atoms with Crippen LogP contribution in [0.3, 0.4) is 0 Å². The third-order valence-corrected chi connectivity index (χ3v) is 8.18. The Hall–Kier alpha value is -0.970. The van der Waals surface area contributed by atoms with Gasteiger partial charge in [-0.2, -0.15) is 0 Å². The fourth-order valence-corrected chi connectivity index (χ4v) is 6.69. The molecule has 0 heterocycles. The van der Waals surface area contributed by atoms with Crippen LogP contribution in [0.4, 0.5) is 0 Å². The van der Waals surface area contributed by atoms with E-state index in [1.807, 2.05) is 0 Å². The summed E-state index contributed by atoms with van der Waals surface area (Å²) in [4.78, 5) is 12.2. The van der Waals surface area contributed by atoms with Crippen LogP contribution in [0.5, 0.6) is 0 Å². The van der Waals surface area contributed by atoms with Gasteiger partial charge < -0.3 is 15.3 Å². The van der Waals surface area contributed by atoms with Crippen molar-refractivity contribution in [2.24, 2.45) is 28.6 Å². The minimum absolute atomic E-state index is 0.0564. The Labute approximate surface area is 149 Å². The smallest absolute Gasteiger partial charge is 0.193 e. The highest BCUT2D eigenvalue weighted by molar-refractivity contribution is 5.79. The first-order valence-electron chi connectivity index (χ1n) is 9.64. The summed E-state index contributed by atoms with van der Waals surface area (Å²) in [5.41, 5.74) is 2.32. The lowest BCUT2D eigenvalue weighted by Crippen LogP contribution is -2.55.